The summed E-state index contributed by atoms with van der Waals surface area (Å²) in [5.74, 6) is 0.969. The van der Waals surface area contributed by atoms with Crippen LogP contribution in [0.2, 0.25) is 5.02 Å². The van der Waals surface area contributed by atoms with E-state index in [2.05, 4.69) is 15.9 Å². The lowest BCUT2D eigenvalue weighted by Gasteiger charge is -2.16. The first-order valence-electron chi connectivity index (χ1n) is 7.65. The summed E-state index contributed by atoms with van der Waals surface area (Å²) in [6.45, 7) is 0. The molecule has 1 saturated heterocycles. The van der Waals surface area contributed by atoms with Crippen molar-refractivity contribution in [2.75, 3.05) is 19.1 Å². The molecule has 8 heteroatoms. The van der Waals surface area contributed by atoms with Gasteiger partial charge in [-0.1, -0.05) is 29.4 Å². The zero-order valence-corrected chi connectivity index (χ0v) is 17.2. The molecule has 1 heterocycles. The van der Waals surface area contributed by atoms with E-state index in [4.69, 9.17) is 21.1 Å². The number of rotatable bonds is 5. The Morgan fingerprint density at radius 3 is 2.54 bits per heavy atom. The largest absolute Gasteiger partial charge is 0.496 e. The minimum atomic E-state index is -0.532. The Labute approximate surface area is 168 Å². The van der Waals surface area contributed by atoms with Gasteiger partial charge >= 0.3 is 0 Å². The highest BCUT2D eigenvalue weighted by Crippen LogP contribution is 2.38. The van der Waals surface area contributed by atoms with Gasteiger partial charge in [0, 0.05) is 11.1 Å². The van der Waals surface area contributed by atoms with Crippen LogP contribution in [-0.4, -0.2) is 30.6 Å². The Kier molecular flexibility index (Phi) is 5.79. The van der Waals surface area contributed by atoms with Crippen LogP contribution in [0.25, 0.3) is 0 Å². The second kappa shape index (κ2) is 7.90. The van der Waals surface area contributed by atoms with Crippen molar-refractivity contribution < 1.29 is 19.1 Å². The molecule has 0 saturated carbocycles. The van der Waals surface area contributed by atoms with Crippen molar-refractivity contribution in [2.45, 2.75) is 11.7 Å². The molecule has 2 aromatic rings. The van der Waals surface area contributed by atoms with Crippen molar-refractivity contribution >= 4 is 56.1 Å². The van der Waals surface area contributed by atoms with Crippen LogP contribution in [0.4, 0.5) is 10.5 Å². The van der Waals surface area contributed by atoms with Crippen LogP contribution >= 0.6 is 39.3 Å². The minimum absolute atomic E-state index is 0.267. The molecule has 136 valence electrons. The summed E-state index contributed by atoms with van der Waals surface area (Å²) >= 11 is 10.4. The van der Waals surface area contributed by atoms with Crippen LogP contribution in [0, 0.1) is 0 Å². The van der Waals surface area contributed by atoms with Crippen molar-refractivity contribution in [3.8, 4) is 11.5 Å². The lowest BCUT2D eigenvalue weighted by molar-refractivity contribution is -0.117. The van der Waals surface area contributed by atoms with Gasteiger partial charge < -0.3 is 9.47 Å². The summed E-state index contributed by atoms with van der Waals surface area (Å²) < 4.78 is 11.4. The van der Waals surface area contributed by atoms with Crippen LogP contribution in [0.5, 0.6) is 11.5 Å². The van der Waals surface area contributed by atoms with E-state index < -0.39 is 5.25 Å². The molecule has 5 nitrogen and oxygen atoms in total. The normalized spacial score (nSPS) is 16.9. The highest BCUT2D eigenvalue weighted by molar-refractivity contribution is 9.10. The van der Waals surface area contributed by atoms with Gasteiger partial charge in [0.2, 0.25) is 5.91 Å². The SMILES string of the molecule is COc1cc(OC)c(C[C@H]2SC(=O)N(c3cccc(Cl)c3)C2=O)cc1Br. The molecular weight excluding hydrogens is 442 g/mol. The molecule has 1 fully saturated rings. The number of benzene rings is 2. The van der Waals surface area contributed by atoms with Gasteiger partial charge in [0.05, 0.1) is 29.6 Å². The highest BCUT2D eigenvalue weighted by atomic mass is 79.9. The number of ether oxygens (including phenoxy) is 2. The molecular formula is C18H15BrClNO4S. The Bertz CT molecular complexity index is 876. The standard InChI is InChI=1S/C18H15BrClNO4S/c1-24-14-9-15(25-2)13(19)6-10(14)7-16-17(22)21(18(23)26-16)12-5-3-4-11(20)8-12/h3-6,8-9,16H,7H2,1-2H3/t16-/m1/s1. The van der Waals surface area contributed by atoms with Crippen molar-refractivity contribution in [3.63, 3.8) is 0 Å². The van der Waals surface area contributed by atoms with Crippen molar-refractivity contribution in [1.82, 2.24) is 0 Å². The Morgan fingerprint density at radius 1 is 1.15 bits per heavy atom. The topological polar surface area (TPSA) is 55.8 Å². The third-order valence-electron chi connectivity index (χ3n) is 3.95. The Morgan fingerprint density at radius 2 is 1.88 bits per heavy atom. The first-order valence-corrected chi connectivity index (χ1v) is 9.70. The summed E-state index contributed by atoms with van der Waals surface area (Å²) in [5.41, 5.74) is 1.29. The van der Waals surface area contributed by atoms with Crippen molar-refractivity contribution in [1.29, 1.82) is 0 Å². The van der Waals surface area contributed by atoms with E-state index in [1.54, 1.807) is 44.6 Å². The van der Waals surface area contributed by atoms with Gasteiger partial charge in [-0.25, -0.2) is 4.90 Å². The Balaban J connectivity index is 1.87. The summed E-state index contributed by atoms with van der Waals surface area (Å²) in [6, 6.07) is 10.3. The van der Waals surface area contributed by atoms with Crippen molar-refractivity contribution in [2.24, 2.45) is 0 Å². The third-order valence-corrected chi connectivity index (χ3v) is 5.84. The number of nitrogens with zero attached hydrogens (tertiary/aromatic N) is 1. The molecule has 2 amide bonds. The third kappa shape index (κ3) is 3.70. The van der Waals surface area contributed by atoms with Crippen LogP contribution < -0.4 is 14.4 Å². The molecule has 0 bridgehead atoms. The quantitative estimate of drug-likeness (QED) is 0.638. The molecule has 1 aliphatic rings. The average molecular weight is 457 g/mol. The van der Waals surface area contributed by atoms with Crippen molar-refractivity contribution in [3.05, 3.63) is 51.5 Å². The highest BCUT2D eigenvalue weighted by Gasteiger charge is 2.41. The number of hydrogen-bond donors (Lipinski definition) is 0. The summed E-state index contributed by atoms with van der Waals surface area (Å²) in [5, 5.41) is -0.373. The molecule has 0 aliphatic carbocycles. The average Bonchev–Trinajstić information content (AvgIpc) is 2.89. The number of carbonyl (C=O) groups excluding carboxylic acids is 2. The molecule has 3 rings (SSSR count). The smallest absolute Gasteiger partial charge is 0.293 e. The predicted molar refractivity (Wildman–Crippen MR) is 107 cm³/mol. The van der Waals surface area contributed by atoms with Crippen LogP contribution in [0.15, 0.2) is 40.9 Å². The second-order valence-corrected chi connectivity index (χ2v) is 7.97. The zero-order valence-electron chi connectivity index (χ0n) is 14.0. The summed E-state index contributed by atoms with van der Waals surface area (Å²) in [4.78, 5) is 26.4. The number of amides is 2. The Hall–Kier alpha value is -1.70. The maximum absolute atomic E-state index is 12.8. The van der Waals surface area contributed by atoms with Gasteiger partial charge in [-0.2, -0.15) is 0 Å². The van der Waals surface area contributed by atoms with Gasteiger partial charge in [-0.05, 0) is 52.2 Å². The van der Waals surface area contributed by atoms with Gasteiger partial charge in [0.25, 0.3) is 5.24 Å². The maximum Gasteiger partial charge on any atom is 0.293 e. The molecule has 1 aliphatic heterocycles. The first kappa shape index (κ1) is 19.1. The van der Waals surface area contributed by atoms with Gasteiger partial charge in [0.1, 0.15) is 11.5 Å². The van der Waals surface area contributed by atoms with E-state index in [1.807, 2.05) is 6.07 Å². The molecule has 0 N–H and O–H groups in total. The zero-order chi connectivity index (χ0) is 18.8. The van der Waals surface area contributed by atoms with E-state index in [0.29, 0.717) is 28.6 Å². The summed E-state index contributed by atoms with van der Waals surface area (Å²) in [7, 11) is 3.12. The fraction of sp³-hybridized carbons (Fsp3) is 0.222. The van der Waals surface area contributed by atoms with E-state index in [-0.39, 0.29) is 11.1 Å². The van der Waals surface area contributed by atoms with Crippen LogP contribution in [0.3, 0.4) is 0 Å². The monoisotopic (exact) mass is 455 g/mol. The molecule has 2 aromatic carbocycles. The van der Waals surface area contributed by atoms with Gasteiger partial charge in [-0.3, -0.25) is 9.59 Å². The van der Waals surface area contributed by atoms with E-state index in [0.717, 1.165) is 21.8 Å². The number of hydrogen-bond acceptors (Lipinski definition) is 5. The number of halogens is 2. The fourth-order valence-corrected chi connectivity index (χ4v) is 4.47. The minimum Gasteiger partial charge on any atom is -0.496 e. The molecule has 26 heavy (non-hydrogen) atoms. The summed E-state index contributed by atoms with van der Waals surface area (Å²) in [6.07, 6.45) is 0.359. The van der Waals surface area contributed by atoms with E-state index >= 15 is 0 Å². The van der Waals surface area contributed by atoms with Crippen LogP contribution in [-0.2, 0) is 11.2 Å². The van der Waals surface area contributed by atoms with Gasteiger partial charge in [0.15, 0.2) is 0 Å². The lowest BCUT2D eigenvalue weighted by Crippen LogP contribution is -2.32. The molecule has 0 radical (unpaired) electrons. The maximum atomic E-state index is 12.8. The van der Waals surface area contributed by atoms with E-state index in [1.165, 1.54) is 4.90 Å². The number of thioether (sulfide) groups is 1. The number of imide groups is 1. The first-order chi connectivity index (χ1) is 12.4. The molecule has 0 aromatic heterocycles. The molecule has 1 atom stereocenters. The molecule has 0 spiro atoms. The second-order valence-electron chi connectivity index (χ2n) is 5.53. The van der Waals surface area contributed by atoms with Crippen LogP contribution in [0.1, 0.15) is 5.56 Å². The number of anilines is 1. The number of methoxy groups -OCH3 is 2. The van der Waals surface area contributed by atoms with Gasteiger partial charge in [-0.15, -0.1) is 0 Å². The molecule has 0 unspecified atom stereocenters. The lowest BCUT2D eigenvalue weighted by atomic mass is 10.1. The van der Waals surface area contributed by atoms with E-state index in [9.17, 15) is 9.59 Å². The number of carbonyl (C=O) groups is 2. The predicted octanol–water partition coefficient (Wildman–Crippen LogP) is 4.93. The fourth-order valence-electron chi connectivity index (χ4n) is 2.72.